The van der Waals surface area contributed by atoms with Gasteiger partial charge in [0.25, 0.3) is 0 Å². The van der Waals surface area contributed by atoms with Crippen LogP contribution in [0, 0.1) is 0 Å². The zero-order chi connectivity index (χ0) is 12.9. The summed E-state index contributed by atoms with van der Waals surface area (Å²) in [5.41, 5.74) is 11.7. The number of nitrogens with two attached hydrogens (primary N) is 2. The van der Waals surface area contributed by atoms with Gasteiger partial charge in [-0.25, -0.2) is 0 Å². The molecule has 17 heavy (non-hydrogen) atoms. The van der Waals surface area contributed by atoms with Crippen LogP contribution in [0.4, 0.5) is 0 Å². The molecular weight excluding hydrogens is 442 g/mol. The van der Waals surface area contributed by atoms with E-state index in [0.717, 1.165) is 38.2 Å². The number of allylic oxidation sites excluding steroid dienone is 1. The molecule has 0 aromatic carbocycles. The van der Waals surface area contributed by atoms with Crippen molar-refractivity contribution in [3.8, 4) is 0 Å². The van der Waals surface area contributed by atoms with Crippen LogP contribution in [-0.4, -0.2) is 25.7 Å². The predicted octanol–water partition coefficient (Wildman–Crippen LogP) is 2.59. The summed E-state index contributed by atoms with van der Waals surface area (Å²) in [5.74, 6) is 0. The monoisotopic (exact) mass is 459 g/mol. The average Bonchev–Trinajstić information content (AvgIpc) is 2.33. The molecule has 7 heteroatoms. The molecule has 0 bridgehead atoms. The van der Waals surface area contributed by atoms with Crippen LogP contribution in [0.3, 0.4) is 0 Å². The molecule has 2 heterocycles. The van der Waals surface area contributed by atoms with Gasteiger partial charge in [-0.15, -0.1) is 19.6 Å². The van der Waals surface area contributed by atoms with Crippen molar-refractivity contribution in [2.45, 2.75) is 18.9 Å². The topological polar surface area (TPSA) is 80.2 Å². The van der Waals surface area contributed by atoms with E-state index in [1.807, 2.05) is 6.08 Å². The fraction of sp³-hybridized carbons (Fsp3) is 0.600. The van der Waals surface area contributed by atoms with Gasteiger partial charge >= 0.3 is 35.3 Å². The van der Waals surface area contributed by atoms with Crippen molar-refractivity contribution >= 4 is 18.8 Å². The van der Waals surface area contributed by atoms with E-state index in [9.17, 15) is 0 Å². The Morgan fingerprint density at radius 2 is 1.88 bits per heavy atom. The van der Waals surface area contributed by atoms with Crippen LogP contribution in [0.25, 0.3) is 10.6 Å². The SMILES string of the molecule is NC1=CC[N-]C=C1.NC1CC[N-]CC1.[Cl][Pt+2][Cl]. The van der Waals surface area contributed by atoms with Crippen LogP contribution in [-0.2, 0) is 16.5 Å². The molecule has 2 aliphatic rings. The van der Waals surface area contributed by atoms with E-state index in [2.05, 4.69) is 10.6 Å². The predicted molar refractivity (Wildman–Crippen MR) is 71.6 cm³/mol. The van der Waals surface area contributed by atoms with Crippen molar-refractivity contribution in [3.63, 3.8) is 0 Å². The van der Waals surface area contributed by atoms with Gasteiger partial charge in [0.2, 0.25) is 0 Å². The second-order valence-corrected chi connectivity index (χ2v) is 6.72. The Kier molecular flexibility index (Phi) is 12.9. The van der Waals surface area contributed by atoms with E-state index in [4.69, 9.17) is 30.3 Å². The van der Waals surface area contributed by atoms with Crippen LogP contribution < -0.4 is 11.5 Å². The standard InChI is InChI=1S/C5H11N2.C5H7N2.2ClH.Pt/c2*6-5-1-3-7-4-2-5;;;/h5H,1-4,6H2;1-3H,4,6H2;2*1H;/q2*-1;;;+4/p-2. The summed E-state index contributed by atoms with van der Waals surface area (Å²) in [7, 11) is 9.75. The Hall–Kier alpha value is 0.268. The first-order chi connectivity index (χ1) is 8.20. The molecule has 0 aromatic rings. The van der Waals surface area contributed by atoms with Crippen molar-refractivity contribution in [1.82, 2.24) is 0 Å². The third-order valence-electron chi connectivity index (χ3n) is 2.12. The minimum atomic E-state index is -0.472. The molecule has 4 nitrogen and oxygen atoms in total. The second-order valence-electron chi connectivity index (χ2n) is 3.44. The Morgan fingerprint density at radius 3 is 2.12 bits per heavy atom. The van der Waals surface area contributed by atoms with Gasteiger partial charge in [-0.05, 0) is 0 Å². The summed E-state index contributed by atoms with van der Waals surface area (Å²) in [6.45, 7) is 2.71. The van der Waals surface area contributed by atoms with Crippen molar-refractivity contribution in [1.29, 1.82) is 0 Å². The zero-order valence-electron chi connectivity index (χ0n) is 9.47. The number of piperidine rings is 1. The molecule has 1 saturated heterocycles. The number of hydrogen-bond acceptors (Lipinski definition) is 2. The third kappa shape index (κ3) is 12.5. The number of nitrogens with zero attached hydrogens (tertiary/aromatic N) is 2. The van der Waals surface area contributed by atoms with Gasteiger partial charge in [-0.1, -0.05) is 25.0 Å². The van der Waals surface area contributed by atoms with Gasteiger partial charge in [0, 0.05) is 11.7 Å². The molecule has 2 rings (SSSR count). The van der Waals surface area contributed by atoms with Gasteiger partial charge in [0.15, 0.2) is 0 Å². The normalized spacial score (nSPS) is 19.1. The summed E-state index contributed by atoms with van der Waals surface area (Å²) in [5, 5.41) is 8.04. The number of halogens is 2. The first-order valence-electron chi connectivity index (χ1n) is 5.20. The molecule has 2 aliphatic heterocycles. The van der Waals surface area contributed by atoms with E-state index in [0.29, 0.717) is 6.04 Å². The average molecular weight is 460 g/mol. The Labute approximate surface area is 120 Å². The van der Waals surface area contributed by atoms with E-state index < -0.39 is 16.5 Å². The summed E-state index contributed by atoms with van der Waals surface area (Å²) in [6.07, 6.45) is 7.57. The van der Waals surface area contributed by atoms with E-state index >= 15 is 0 Å². The fourth-order valence-corrected chi connectivity index (χ4v) is 1.20. The quantitative estimate of drug-likeness (QED) is 0.583. The fourth-order valence-electron chi connectivity index (χ4n) is 1.20. The van der Waals surface area contributed by atoms with Crippen LogP contribution >= 0.6 is 18.8 Å². The van der Waals surface area contributed by atoms with Gasteiger partial charge in [0.05, 0.1) is 0 Å². The Morgan fingerprint density at radius 1 is 1.29 bits per heavy atom. The zero-order valence-corrected chi connectivity index (χ0v) is 13.3. The number of hydrogen-bond donors (Lipinski definition) is 2. The van der Waals surface area contributed by atoms with Gasteiger partial charge in [0.1, 0.15) is 0 Å². The van der Waals surface area contributed by atoms with Gasteiger partial charge in [-0.2, -0.15) is 6.20 Å². The molecule has 4 N–H and O–H groups in total. The summed E-state index contributed by atoms with van der Waals surface area (Å²) >= 11 is -0.472. The Balaban J connectivity index is 0.000000247. The third-order valence-corrected chi connectivity index (χ3v) is 2.12. The number of rotatable bonds is 0. The summed E-state index contributed by atoms with van der Waals surface area (Å²) in [6, 6.07) is 0.442. The van der Waals surface area contributed by atoms with Crippen molar-refractivity contribution in [2.24, 2.45) is 11.5 Å². The maximum absolute atomic E-state index is 5.57. The van der Waals surface area contributed by atoms with Crippen molar-refractivity contribution in [3.05, 3.63) is 34.7 Å². The van der Waals surface area contributed by atoms with E-state index in [1.165, 1.54) is 0 Å². The Bertz CT molecular complexity index is 230. The van der Waals surface area contributed by atoms with Crippen LogP contribution in [0.5, 0.6) is 0 Å². The molecule has 0 unspecified atom stereocenters. The molecule has 0 radical (unpaired) electrons. The maximum atomic E-state index is 5.57. The van der Waals surface area contributed by atoms with Gasteiger partial charge < -0.3 is 22.1 Å². The minimum absolute atomic E-state index is 0.442. The molecule has 0 spiro atoms. The van der Waals surface area contributed by atoms with Crippen LogP contribution in [0.15, 0.2) is 24.0 Å². The summed E-state index contributed by atoms with van der Waals surface area (Å²) < 4.78 is 0. The first kappa shape index (κ1) is 17.3. The van der Waals surface area contributed by atoms with E-state index in [-0.39, 0.29) is 0 Å². The molecule has 0 saturated carbocycles. The first-order valence-corrected chi connectivity index (χ1v) is 10.8. The second kappa shape index (κ2) is 12.7. The van der Waals surface area contributed by atoms with Crippen molar-refractivity contribution < 1.29 is 16.5 Å². The molecule has 1 fully saturated rings. The van der Waals surface area contributed by atoms with Crippen LogP contribution in [0.2, 0.25) is 0 Å². The van der Waals surface area contributed by atoms with Crippen molar-refractivity contribution in [2.75, 3.05) is 19.6 Å². The summed E-state index contributed by atoms with van der Waals surface area (Å²) in [4.78, 5) is 0. The molecule has 0 amide bonds. The molecule has 0 aliphatic carbocycles. The van der Waals surface area contributed by atoms with Crippen LogP contribution in [0.1, 0.15) is 12.8 Å². The van der Waals surface area contributed by atoms with E-state index in [1.54, 1.807) is 12.3 Å². The molecule has 0 atom stereocenters. The molecule has 102 valence electrons. The molecule has 0 aromatic heterocycles. The molecular formula is C10H18Cl2N4Pt. The van der Waals surface area contributed by atoms with Gasteiger partial charge in [-0.3, -0.25) is 0 Å².